The summed E-state index contributed by atoms with van der Waals surface area (Å²) in [6, 6.07) is 19.4. The van der Waals surface area contributed by atoms with Gasteiger partial charge in [0.2, 0.25) is 11.8 Å². The van der Waals surface area contributed by atoms with Crippen molar-refractivity contribution < 1.29 is 9.59 Å². The number of carbonyl (C=O) groups is 2. The van der Waals surface area contributed by atoms with Crippen molar-refractivity contribution in [2.45, 2.75) is 37.4 Å². The van der Waals surface area contributed by atoms with Gasteiger partial charge >= 0.3 is 0 Å². The van der Waals surface area contributed by atoms with E-state index in [0.717, 1.165) is 10.9 Å². The smallest absolute Gasteiger partial charge is 0.249 e. The molecule has 1 aliphatic rings. The zero-order chi connectivity index (χ0) is 21.1. The van der Waals surface area contributed by atoms with E-state index in [0.29, 0.717) is 28.6 Å². The molecular weight excluding hydrogens is 394 g/mol. The molecule has 2 aromatic carbocycles. The highest BCUT2D eigenvalue weighted by atomic mass is 32.2. The molecule has 0 radical (unpaired) electrons. The fourth-order valence-electron chi connectivity index (χ4n) is 3.72. The van der Waals surface area contributed by atoms with Gasteiger partial charge in [0.15, 0.2) is 0 Å². The second-order valence-corrected chi connectivity index (χ2v) is 8.76. The third-order valence-corrected chi connectivity index (χ3v) is 6.51. The molecule has 5 nitrogen and oxygen atoms in total. The van der Waals surface area contributed by atoms with Crippen LogP contribution >= 0.6 is 11.8 Å². The first-order chi connectivity index (χ1) is 14.5. The van der Waals surface area contributed by atoms with Crippen molar-refractivity contribution in [2.75, 3.05) is 5.75 Å². The van der Waals surface area contributed by atoms with Crippen LogP contribution in [0, 0.1) is 5.92 Å². The lowest BCUT2D eigenvalue weighted by atomic mass is 10.1. The molecule has 2 amide bonds. The van der Waals surface area contributed by atoms with E-state index in [2.05, 4.69) is 24.0 Å². The summed E-state index contributed by atoms with van der Waals surface area (Å²) in [6.45, 7) is 2.75. The molecule has 0 saturated heterocycles. The average molecular weight is 420 g/mol. The highest BCUT2D eigenvalue weighted by Crippen LogP contribution is 2.36. The van der Waals surface area contributed by atoms with Crippen LogP contribution in [0.15, 0.2) is 65.7 Å². The molecule has 30 heavy (non-hydrogen) atoms. The van der Waals surface area contributed by atoms with Crippen LogP contribution in [0.4, 0.5) is 0 Å². The number of amides is 2. The number of aromatic nitrogens is 1. The van der Waals surface area contributed by atoms with E-state index < -0.39 is 5.91 Å². The van der Waals surface area contributed by atoms with Crippen molar-refractivity contribution in [1.29, 1.82) is 0 Å². The van der Waals surface area contributed by atoms with Gasteiger partial charge in [0.25, 0.3) is 0 Å². The first-order valence-electron chi connectivity index (χ1n) is 10.2. The van der Waals surface area contributed by atoms with E-state index in [-0.39, 0.29) is 17.7 Å². The summed E-state index contributed by atoms with van der Waals surface area (Å²) in [7, 11) is 0. The van der Waals surface area contributed by atoms with Crippen LogP contribution in [0.5, 0.6) is 0 Å². The fraction of sp³-hybridized carbons (Fsp3) is 0.292. The van der Waals surface area contributed by atoms with Crippen molar-refractivity contribution in [1.82, 2.24) is 9.88 Å². The van der Waals surface area contributed by atoms with Crippen LogP contribution < -0.4 is 5.73 Å². The van der Waals surface area contributed by atoms with Crippen LogP contribution in [-0.2, 0) is 11.3 Å². The Balaban J connectivity index is 1.52. The van der Waals surface area contributed by atoms with Gasteiger partial charge in [-0.05, 0) is 43.4 Å². The maximum atomic E-state index is 13.2. The molecule has 1 atom stereocenters. The average Bonchev–Trinajstić information content (AvgIpc) is 3.61. The number of nitrogens with two attached hydrogens (primary N) is 1. The molecule has 1 heterocycles. The summed E-state index contributed by atoms with van der Waals surface area (Å²) in [5, 5.41) is 1.36. The Bertz CT molecular complexity index is 1070. The second kappa shape index (κ2) is 8.88. The Hall–Kier alpha value is -2.86. The topological polar surface area (TPSA) is 76.3 Å². The predicted molar refractivity (Wildman–Crippen MR) is 120 cm³/mol. The van der Waals surface area contributed by atoms with Gasteiger partial charge < -0.3 is 10.6 Å². The third kappa shape index (κ3) is 4.65. The molecule has 2 N–H and O–H groups in total. The molecule has 1 aliphatic carbocycles. The Morgan fingerprint density at radius 3 is 2.53 bits per heavy atom. The summed E-state index contributed by atoms with van der Waals surface area (Å²) < 4.78 is 0. The molecule has 1 aromatic heterocycles. The standard InChI is InChI=1S/C24H25N3O2S/c1-16(18-11-12-18)27(14-17-7-3-2-4-8-17)23(28)15-30-22-13-20(24(25)29)19-9-5-6-10-21(19)26-22/h2-10,13,16,18H,11-12,14-15H2,1H3,(H2,25,29). The number of para-hydroxylation sites is 1. The largest absolute Gasteiger partial charge is 0.366 e. The zero-order valence-electron chi connectivity index (χ0n) is 17.0. The van der Waals surface area contributed by atoms with E-state index in [1.807, 2.05) is 47.4 Å². The molecular formula is C24H25N3O2S. The minimum Gasteiger partial charge on any atom is -0.366 e. The monoisotopic (exact) mass is 419 g/mol. The van der Waals surface area contributed by atoms with Gasteiger partial charge in [-0.15, -0.1) is 0 Å². The minimum absolute atomic E-state index is 0.0823. The number of rotatable bonds is 8. The van der Waals surface area contributed by atoms with Gasteiger partial charge in [0.1, 0.15) is 0 Å². The van der Waals surface area contributed by atoms with Crippen molar-refractivity contribution >= 4 is 34.5 Å². The third-order valence-electron chi connectivity index (χ3n) is 5.61. The fourth-order valence-corrected chi connectivity index (χ4v) is 4.52. The highest BCUT2D eigenvalue weighted by molar-refractivity contribution is 7.99. The van der Waals surface area contributed by atoms with Gasteiger partial charge in [-0.25, -0.2) is 4.98 Å². The van der Waals surface area contributed by atoms with Crippen molar-refractivity contribution in [3.63, 3.8) is 0 Å². The van der Waals surface area contributed by atoms with Crippen LogP contribution in [0.1, 0.15) is 35.7 Å². The Morgan fingerprint density at radius 2 is 1.83 bits per heavy atom. The first kappa shape index (κ1) is 20.4. The quantitative estimate of drug-likeness (QED) is 0.554. The molecule has 1 fully saturated rings. The summed E-state index contributed by atoms with van der Waals surface area (Å²) >= 11 is 1.35. The maximum absolute atomic E-state index is 13.2. The van der Waals surface area contributed by atoms with Gasteiger partial charge in [-0.3, -0.25) is 9.59 Å². The number of benzene rings is 2. The number of nitrogens with zero attached hydrogens (tertiary/aromatic N) is 2. The van der Waals surface area contributed by atoms with E-state index in [9.17, 15) is 9.59 Å². The lowest BCUT2D eigenvalue weighted by Crippen LogP contribution is -2.40. The zero-order valence-corrected chi connectivity index (χ0v) is 17.8. The number of thioether (sulfide) groups is 1. The van der Waals surface area contributed by atoms with Crippen molar-refractivity contribution in [3.05, 3.63) is 71.8 Å². The summed E-state index contributed by atoms with van der Waals surface area (Å²) in [6.07, 6.45) is 2.36. The molecule has 0 spiro atoms. The van der Waals surface area contributed by atoms with Crippen molar-refractivity contribution in [2.24, 2.45) is 11.7 Å². The molecule has 1 unspecified atom stereocenters. The number of fused-ring (bicyclic) bond motifs is 1. The van der Waals surface area contributed by atoms with Gasteiger partial charge in [0.05, 0.1) is 21.9 Å². The van der Waals surface area contributed by atoms with Crippen LogP contribution in [0.3, 0.4) is 0 Å². The molecule has 154 valence electrons. The minimum atomic E-state index is -0.491. The molecule has 4 rings (SSSR count). The van der Waals surface area contributed by atoms with Crippen molar-refractivity contribution in [3.8, 4) is 0 Å². The molecule has 0 bridgehead atoms. The van der Waals surface area contributed by atoms with E-state index in [1.54, 1.807) is 6.07 Å². The SMILES string of the molecule is CC(C1CC1)N(Cc1ccccc1)C(=O)CSc1cc(C(N)=O)c2ccccc2n1. The van der Waals surface area contributed by atoms with E-state index in [4.69, 9.17) is 5.73 Å². The second-order valence-electron chi connectivity index (χ2n) is 7.76. The highest BCUT2D eigenvalue weighted by Gasteiger charge is 2.34. The summed E-state index contributed by atoms with van der Waals surface area (Å²) in [5.41, 5.74) is 7.83. The summed E-state index contributed by atoms with van der Waals surface area (Å²) in [4.78, 5) is 31.7. The van der Waals surface area contributed by atoms with Gasteiger partial charge in [0, 0.05) is 18.0 Å². The number of hydrogen-bond acceptors (Lipinski definition) is 4. The van der Waals surface area contributed by atoms with Gasteiger partial charge in [-0.1, -0.05) is 60.3 Å². The summed E-state index contributed by atoms with van der Waals surface area (Å²) in [5.74, 6) is 0.449. The van der Waals surface area contributed by atoms with Crippen LogP contribution in [-0.4, -0.2) is 33.5 Å². The normalized spacial score (nSPS) is 14.4. The molecule has 6 heteroatoms. The number of hydrogen-bond donors (Lipinski definition) is 1. The number of carbonyl (C=O) groups excluding carboxylic acids is 2. The van der Waals surface area contributed by atoms with Crippen LogP contribution in [0.25, 0.3) is 10.9 Å². The van der Waals surface area contributed by atoms with Gasteiger partial charge in [-0.2, -0.15) is 0 Å². The molecule has 1 saturated carbocycles. The Kier molecular flexibility index (Phi) is 6.04. The number of pyridine rings is 1. The Labute approximate surface area is 180 Å². The van der Waals surface area contributed by atoms with Crippen LogP contribution in [0.2, 0.25) is 0 Å². The number of primary amides is 1. The van der Waals surface area contributed by atoms with E-state index in [1.165, 1.54) is 24.6 Å². The predicted octanol–water partition coefficient (Wildman–Crippen LogP) is 4.25. The molecule has 0 aliphatic heterocycles. The molecule has 3 aromatic rings. The Morgan fingerprint density at radius 1 is 1.13 bits per heavy atom. The lowest BCUT2D eigenvalue weighted by molar-refractivity contribution is -0.131. The lowest BCUT2D eigenvalue weighted by Gasteiger charge is -2.29. The van der Waals surface area contributed by atoms with E-state index >= 15 is 0 Å². The maximum Gasteiger partial charge on any atom is 0.249 e. The first-order valence-corrected chi connectivity index (χ1v) is 11.2.